The molecule has 0 aliphatic carbocycles. The fourth-order valence-electron chi connectivity index (χ4n) is 3.21. The van der Waals surface area contributed by atoms with Crippen LogP contribution in [0.2, 0.25) is 0 Å². The summed E-state index contributed by atoms with van der Waals surface area (Å²) in [5.74, 6) is -0.229. The Labute approximate surface area is 141 Å². The van der Waals surface area contributed by atoms with E-state index in [-0.39, 0.29) is 30.4 Å². The molecule has 1 aromatic heterocycles. The lowest BCUT2D eigenvalue weighted by atomic mass is 10.1. The molecule has 2 heterocycles. The highest BCUT2D eigenvalue weighted by Gasteiger charge is 2.37. The second-order valence-corrected chi connectivity index (χ2v) is 6.13. The molecule has 0 bridgehead atoms. The topological polar surface area (TPSA) is 91.2 Å². The number of rotatable bonds is 4. The van der Waals surface area contributed by atoms with Crippen LogP contribution in [0.15, 0.2) is 42.5 Å². The Morgan fingerprint density at radius 2 is 2.00 bits per heavy atom. The number of carbonyl (C=O) groups is 2. The minimum atomic E-state index is -0.121. The third-order valence-corrected chi connectivity index (χ3v) is 4.38. The van der Waals surface area contributed by atoms with Gasteiger partial charge in [0.05, 0.1) is 12.6 Å². The largest absolute Gasteiger partial charge is 0.361 e. The fourth-order valence-corrected chi connectivity index (χ4v) is 3.21. The third-order valence-electron chi connectivity index (χ3n) is 4.38. The van der Waals surface area contributed by atoms with Crippen molar-refractivity contribution in [3.05, 3.63) is 59.4 Å². The summed E-state index contributed by atoms with van der Waals surface area (Å²) in [5.41, 5.74) is 8.19. The van der Waals surface area contributed by atoms with Crippen molar-refractivity contribution < 1.29 is 9.59 Å². The molecule has 1 aromatic carbocycles. The molecule has 2 atom stereocenters. The quantitative estimate of drug-likeness (QED) is 0.792. The summed E-state index contributed by atoms with van der Waals surface area (Å²) in [4.78, 5) is 29.6. The zero-order valence-electron chi connectivity index (χ0n) is 13.7. The van der Waals surface area contributed by atoms with Crippen LogP contribution < -0.4 is 11.1 Å². The van der Waals surface area contributed by atoms with E-state index in [1.54, 1.807) is 17.0 Å². The molecule has 2 aromatic rings. The molecule has 1 aliphatic rings. The smallest absolute Gasteiger partial charge is 0.251 e. The summed E-state index contributed by atoms with van der Waals surface area (Å²) >= 11 is 0. The van der Waals surface area contributed by atoms with Crippen LogP contribution in [0, 0.1) is 6.92 Å². The number of H-pyrrole nitrogens is 1. The maximum Gasteiger partial charge on any atom is 0.251 e. The number of hydrogen-bond acceptors (Lipinski definition) is 3. The molecule has 3 rings (SSSR count). The Hall–Kier alpha value is -2.60. The SMILES string of the molecule is Cc1ccc([C@@H]2C[C@@H](NC(=O)c3ccccc3)CN2C(=O)CN)[nH]1. The molecule has 6 nitrogen and oxygen atoms in total. The van der Waals surface area contributed by atoms with Crippen LogP contribution in [0.25, 0.3) is 0 Å². The number of aromatic amines is 1. The van der Waals surface area contributed by atoms with Crippen LogP contribution >= 0.6 is 0 Å². The maximum absolute atomic E-state index is 12.3. The van der Waals surface area contributed by atoms with Gasteiger partial charge in [-0.15, -0.1) is 0 Å². The number of carbonyl (C=O) groups excluding carboxylic acids is 2. The third kappa shape index (κ3) is 3.33. The Morgan fingerprint density at radius 1 is 1.25 bits per heavy atom. The van der Waals surface area contributed by atoms with Gasteiger partial charge < -0.3 is 20.9 Å². The Kier molecular flexibility index (Phi) is 4.66. The lowest BCUT2D eigenvalue weighted by Gasteiger charge is -2.23. The van der Waals surface area contributed by atoms with Crippen LogP contribution in [-0.2, 0) is 4.79 Å². The van der Waals surface area contributed by atoms with E-state index in [9.17, 15) is 9.59 Å². The average Bonchev–Trinajstić information content (AvgIpc) is 3.21. The van der Waals surface area contributed by atoms with Gasteiger partial charge in [-0.05, 0) is 37.6 Å². The van der Waals surface area contributed by atoms with E-state index in [1.165, 1.54) is 0 Å². The number of nitrogens with two attached hydrogens (primary N) is 1. The van der Waals surface area contributed by atoms with E-state index in [4.69, 9.17) is 5.73 Å². The van der Waals surface area contributed by atoms with E-state index in [0.29, 0.717) is 18.5 Å². The van der Waals surface area contributed by atoms with E-state index in [1.807, 2.05) is 37.3 Å². The van der Waals surface area contributed by atoms with E-state index < -0.39 is 0 Å². The summed E-state index contributed by atoms with van der Waals surface area (Å²) in [6, 6.07) is 12.9. The van der Waals surface area contributed by atoms with Crippen molar-refractivity contribution in [2.24, 2.45) is 5.73 Å². The monoisotopic (exact) mass is 326 g/mol. The highest BCUT2D eigenvalue weighted by molar-refractivity contribution is 5.94. The standard InChI is InChI=1S/C18H22N4O2/c1-12-7-8-15(20-12)16-9-14(11-22(16)17(23)10-19)21-18(24)13-5-3-2-4-6-13/h2-8,14,16,20H,9-11,19H2,1H3,(H,21,24)/t14-,16+/m1/s1. The number of aromatic nitrogens is 1. The molecule has 6 heteroatoms. The van der Waals surface area contributed by atoms with Gasteiger partial charge in [0.1, 0.15) is 0 Å². The first-order chi connectivity index (χ1) is 11.6. The zero-order chi connectivity index (χ0) is 17.1. The molecule has 1 saturated heterocycles. The average molecular weight is 326 g/mol. The summed E-state index contributed by atoms with van der Waals surface area (Å²) in [7, 11) is 0. The highest BCUT2D eigenvalue weighted by Crippen LogP contribution is 2.31. The first-order valence-electron chi connectivity index (χ1n) is 8.09. The fraction of sp³-hybridized carbons (Fsp3) is 0.333. The molecule has 0 unspecified atom stereocenters. The van der Waals surface area contributed by atoms with Gasteiger partial charge in [0.15, 0.2) is 0 Å². The Balaban J connectivity index is 1.74. The minimum absolute atomic E-state index is 0.0322. The van der Waals surface area contributed by atoms with E-state index in [0.717, 1.165) is 11.4 Å². The van der Waals surface area contributed by atoms with Crippen LogP contribution in [0.5, 0.6) is 0 Å². The molecule has 126 valence electrons. The van der Waals surface area contributed by atoms with Crippen LogP contribution in [0.3, 0.4) is 0 Å². The normalized spacial score (nSPS) is 20.2. The number of nitrogens with zero attached hydrogens (tertiary/aromatic N) is 1. The molecule has 0 saturated carbocycles. The number of benzene rings is 1. The van der Waals surface area contributed by atoms with Gasteiger partial charge in [-0.2, -0.15) is 0 Å². The van der Waals surface area contributed by atoms with Crippen molar-refractivity contribution in [3.8, 4) is 0 Å². The van der Waals surface area contributed by atoms with Crippen molar-refractivity contribution in [1.82, 2.24) is 15.2 Å². The summed E-state index contributed by atoms with van der Waals surface area (Å²) in [5, 5.41) is 3.02. The number of aryl methyl sites for hydroxylation is 1. The second kappa shape index (κ2) is 6.88. The molecular formula is C18H22N4O2. The first kappa shape index (κ1) is 16.3. The van der Waals surface area contributed by atoms with Gasteiger partial charge in [-0.3, -0.25) is 9.59 Å². The van der Waals surface area contributed by atoms with Gasteiger partial charge in [-0.25, -0.2) is 0 Å². The lowest BCUT2D eigenvalue weighted by molar-refractivity contribution is -0.130. The number of amides is 2. The molecule has 0 spiro atoms. The number of likely N-dealkylation sites (tertiary alicyclic amines) is 1. The molecule has 2 amide bonds. The van der Waals surface area contributed by atoms with Gasteiger partial charge >= 0.3 is 0 Å². The van der Waals surface area contributed by atoms with Crippen molar-refractivity contribution in [1.29, 1.82) is 0 Å². The number of nitrogens with one attached hydrogen (secondary N) is 2. The van der Waals surface area contributed by atoms with Gasteiger partial charge in [0.25, 0.3) is 5.91 Å². The summed E-state index contributed by atoms with van der Waals surface area (Å²) < 4.78 is 0. The summed E-state index contributed by atoms with van der Waals surface area (Å²) in [6.07, 6.45) is 0.671. The molecule has 4 N–H and O–H groups in total. The van der Waals surface area contributed by atoms with Crippen molar-refractivity contribution in [3.63, 3.8) is 0 Å². The molecule has 24 heavy (non-hydrogen) atoms. The van der Waals surface area contributed by atoms with E-state index in [2.05, 4.69) is 10.3 Å². The Morgan fingerprint density at radius 3 is 2.62 bits per heavy atom. The second-order valence-electron chi connectivity index (χ2n) is 6.13. The molecular weight excluding hydrogens is 304 g/mol. The van der Waals surface area contributed by atoms with E-state index >= 15 is 0 Å². The maximum atomic E-state index is 12.3. The molecule has 0 radical (unpaired) electrons. The predicted octanol–water partition coefficient (Wildman–Crippen LogP) is 1.35. The summed E-state index contributed by atoms with van der Waals surface area (Å²) in [6.45, 7) is 2.41. The zero-order valence-corrected chi connectivity index (χ0v) is 13.7. The van der Waals surface area contributed by atoms with Gasteiger partial charge in [0.2, 0.25) is 5.91 Å². The highest BCUT2D eigenvalue weighted by atomic mass is 16.2. The first-order valence-corrected chi connectivity index (χ1v) is 8.09. The minimum Gasteiger partial charge on any atom is -0.361 e. The Bertz CT molecular complexity index is 726. The van der Waals surface area contributed by atoms with Gasteiger partial charge in [-0.1, -0.05) is 18.2 Å². The molecule has 1 aliphatic heterocycles. The van der Waals surface area contributed by atoms with Crippen molar-refractivity contribution >= 4 is 11.8 Å². The van der Waals surface area contributed by atoms with Crippen LogP contribution in [0.4, 0.5) is 0 Å². The van der Waals surface area contributed by atoms with Crippen molar-refractivity contribution in [2.75, 3.05) is 13.1 Å². The van der Waals surface area contributed by atoms with Crippen LogP contribution in [-0.4, -0.2) is 40.8 Å². The van der Waals surface area contributed by atoms with Crippen LogP contribution in [0.1, 0.15) is 34.2 Å². The van der Waals surface area contributed by atoms with Crippen molar-refractivity contribution in [2.45, 2.75) is 25.4 Å². The molecule has 1 fully saturated rings. The number of hydrogen-bond donors (Lipinski definition) is 3. The van der Waals surface area contributed by atoms with Gasteiger partial charge in [0, 0.05) is 29.5 Å². The lowest BCUT2D eigenvalue weighted by Crippen LogP contribution is -2.40. The predicted molar refractivity (Wildman–Crippen MR) is 91.4 cm³/mol.